The molecular weight excluding hydrogens is 218 g/mol. The predicted molar refractivity (Wildman–Crippen MR) is 68.7 cm³/mol. The fraction of sp³-hybridized carbons (Fsp3) is 0.250. The van der Waals surface area contributed by atoms with E-state index in [1.807, 2.05) is 43.6 Å². The average Bonchev–Trinajstić information content (AvgIpc) is 2.56. The smallest absolute Gasteiger partial charge is 0.176 e. The van der Waals surface area contributed by atoms with Crippen molar-refractivity contribution in [3.8, 4) is 6.19 Å². The summed E-state index contributed by atoms with van der Waals surface area (Å²) in [6.07, 6.45) is 12.0. The monoisotopic (exact) mass is 231 g/mol. The van der Waals surface area contributed by atoms with Crippen molar-refractivity contribution in [2.24, 2.45) is 0 Å². The van der Waals surface area contributed by atoms with Gasteiger partial charge in [-0.15, -0.1) is 0 Å². The minimum atomic E-state index is -0.222. The van der Waals surface area contributed by atoms with Crippen LogP contribution in [0.25, 0.3) is 12.2 Å². The minimum absolute atomic E-state index is 0.222. The topological polar surface area (TPSA) is 51.6 Å². The lowest BCUT2D eigenvalue weighted by molar-refractivity contribution is 0.884. The molecule has 1 atom stereocenters. The Balaban J connectivity index is 2.35. The second-order valence-corrected chi connectivity index (χ2v) is 4.96. The third-order valence-corrected chi connectivity index (χ3v) is 2.87. The highest BCUT2D eigenvalue weighted by atomic mass is 32.1. The van der Waals surface area contributed by atoms with Crippen molar-refractivity contribution in [2.45, 2.75) is 18.2 Å². The van der Waals surface area contributed by atoms with E-state index in [2.05, 4.69) is 22.9 Å². The number of H-pyrrole nitrogens is 1. The lowest BCUT2D eigenvalue weighted by atomic mass is 10.1. The van der Waals surface area contributed by atoms with Crippen LogP contribution in [0.4, 0.5) is 0 Å². The summed E-state index contributed by atoms with van der Waals surface area (Å²) in [5, 5.41) is 11.1. The van der Waals surface area contributed by atoms with Gasteiger partial charge in [0.15, 0.2) is 6.19 Å². The molecule has 0 fully saturated rings. The first-order valence-electron chi connectivity index (χ1n) is 5.05. The largest absolute Gasteiger partial charge is 0.361 e. The molecule has 82 valence electrons. The van der Waals surface area contributed by atoms with Crippen molar-refractivity contribution in [1.29, 1.82) is 5.26 Å². The molecule has 0 saturated carbocycles. The molecule has 0 radical (unpaired) electrons. The highest BCUT2D eigenvalue weighted by Crippen LogP contribution is 2.27. The van der Waals surface area contributed by atoms with E-state index in [0.717, 1.165) is 16.8 Å². The molecule has 1 aliphatic carbocycles. The average molecular weight is 231 g/mol. The fourth-order valence-corrected chi connectivity index (χ4v) is 1.82. The maximum atomic E-state index is 8.49. The van der Waals surface area contributed by atoms with E-state index in [1.54, 1.807) is 0 Å². The molecule has 2 N–H and O–H groups in total. The first-order chi connectivity index (χ1) is 7.62. The van der Waals surface area contributed by atoms with Gasteiger partial charge in [-0.3, -0.25) is 0 Å². The van der Waals surface area contributed by atoms with Crippen molar-refractivity contribution in [1.82, 2.24) is 10.3 Å². The van der Waals surface area contributed by atoms with Crippen LogP contribution in [0.2, 0.25) is 0 Å². The van der Waals surface area contributed by atoms with Crippen LogP contribution in [-0.4, -0.2) is 9.73 Å². The molecule has 4 heteroatoms. The first kappa shape index (κ1) is 10.9. The van der Waals surface area contributed by atoms with Crippen molar-refractivity contribution < 1.29 is 0 Å². The summed E-state index contributed by atoms with van der Waals surface area (Å²) in [7, 11) is 0. The highest BCUT2D eigenvalue weighted by molar-refractivity contribution is 7.82. The second-order valence-electron chi connectivity index (χ2n) is 4.00. The summed E-state index contributed by atoms with van der Waals surface area (Å²) in [5.41, 5.74) is 3.27. The molecule has 3 nitrogen and oxygen atoms in total. The summed E-state index contributed by atoms with van der Waals surface area (Å²) in [6, 6.07) is 0. The maximum absolute atomic E-state index is 8.49. The van der Waals surface area contributed by atoms with Crippen LogP contribution >= 0.6 is 12.6 Å². The number of hydrogen-bond donors (Lipinski definition) is 3. The predicted octanol–water partition coefficient (Wildman–Crippen LogP) is 2.31. The van der Waals surface area contributed by atoms with E-state index in [0.29, 0.717) is 6.54 Å². The molecule has 0 bridgehead atoms. The zero-order chi connectivity index (χ0) is 11.6. The van der Waals surface area contributed by atoms with Gasteiger partial charge in [-0.25, -0.2) is 0 Å². The number of nitrogens with one attached hydrogen (secondary N) is 2. The molecule has 2 rings (SSSR count). The minimum Gasteiger partial charge on any atom is -0.361 e. The lowest BCUT2D eigenvalue weighted by Crippen LogP contribution is -2.06. The molecule has 0 aliphatic heterocycles. The number of rotatable bonds is 2. The van der Waals surface area contributed by atoms with Crippen LogP contribution in [0, 0.1) is 11.5 Å². The van der Waals surface area contributed by atoms with Crippen LogP contribution in [0.3, 0.4) is 0 Å². The third kappa shape index (κ3) is 2.15. The summed E-state index contributed by atoms with van der Waals surface area (Å²) in [6.45, 7) is 2.58. The summed E-state index contributed by atoms with van der Waals surface area (Å²) >= 11 is 4.52. The Bertz CT molecular complexity index is 489. The van der Waals surface area contributed by atoms with Crippen LogP contribution in [0.15, 0.2) is 18.3 Å². The Morgan fingerprint density at radius 3 is 3.00 bits per heavy atom. The van der Waals surface area contributed by atoms with E-state index < -0.39 is 0 Å². The van der Waals surface area contributed by atoms with Crippen LogP contribution < -0.4 is 5.32 Å². The molecule has 0 amide bonds. The van der Waals surface area contributed by atoms with E-state index in [-0.39, 0.29) is 4.75 Å². The number of nitriles is 1. The SMILES string of the molecule is CC1(S)C=Cc2[nH]cc(CNC#N)c2C=C1. The Labute approximate surface area is 100 Å². The van der Waals surface area contributed by atoms with Gasteiger partial charge in [0, 0.05) is 22.2 Å². The first-order valence-corrected chi connectivity index (χ1v) is 5.50. The quantitative estimate of drug-likeness (QED) is 0.415. The fourth-order valence-electron chi connectivity index (χ4n) is 1.67. The molecule has 1 unspecified atom stereocenters. The molecule has 1 aromatic heterocycles. The van der Waals surface area contributed by atoms with Gasteiger partial charge in [0.2, 0.25) is 0 Å². The van der Waals surface area contributed by atoms with Crippen molar-refractivity contribution >= 4 is 24.8 Å². The van der Waals surface area contributed by atoms with Crippen molar-refractivity contribution in [3.05, 3.63) is 35.2 Å². The third-order valence-electron chi connectivity index (χ3n) is 2.57. The summed E-state index contributed by atoms with van der Waals surface area (Å²) in [5.74, 6) is 0. The Hall–Kier alpha value is -1.60. The number of fused-ring (bicyclic) bond motifs is 1. The lowest BCUT2D eigenvalue weighted by Gasteiger charge is -2.11. The second kappa shape index (κ2) is 4.11. The van der Waals surface area contributed by atoms with Crippen molar-refractivity contribution in [3.63, 3.8) is 0 Å². The summed E-state index contributed by atoms with van der Waals surface area (Å²) in [4.78, 5) is 3.19. The summed E-state index contributed by atoms with van der Waals surface area (Å²) < 4.78 is -0.222. The van der Waals surface area contributed by atoms with Gasteiger partial charge in [0.05, 0.1) is 6.54 Å². The molecule has 16 heavy (non-hydrogen) atoms. The number of thiol groups is 1. The van der Waals surface area contributed by atoms with Gasteiger partial charge in [-0.1, -0.05) is 18.2 Å². The van der Waals surface area contributed by atoms with Gasteiger partial charge in [-0.05, 0) is 18.6 Å². The molecule has 1 aromatic rings. The number of aromatic nitrogens is 1. The number of nitrogens with zero attached hydrogens (tertiary/aromatic N) is 1. The number of aromatic amines is 1. The number of hydrogen-bond acceptors (Lipinski definition) is 3. The normalized spacial score (nSPS) is 22.3. The molecule has 1 aliphatic rings. The zero-order valence-electron chi connectivity index (χ0n) is 8.99. The van der Waals surface area contributed by atoms with E-state index in [1.165, 1.54) is 0 Å². The molecule has 0 spiro atoms. The van der Waals surface area contributed by atoms with Gasteiger partial charge >= 0.3 is 0 Å². The van der Waals surface area contributed by atoms with Gasteiger partial charge in [-0.2, -0.15) is 17.9 Å². The van der Waals surface area contributed by atoms with Gasteiger partial charge in [0.1, 0.15) is 0 Å². The van der Waals surface area contributed by atoms with Crippen LogP contribution in [-0.2, 0) is 6.54 Å². The van der Waals surface area contributed by atoms with E-state index in [9.17, 15) is 0 Å². The Kier molecular flexibility index (Phi) is 2.80. The highest BCUT2D eigenvalue weighted by Gasteiger charge is 2.16. The van der Waals surface area contributed by atoms with Crippen LogP contribution in [0.5, 0.6) is 0 Å². The van der Waals surface area contributed by atoms with E-state index >= 15 is 0 Å². The van der Waals surface area contributed by atoms with Gasteiger partial charge in [0.25, 0.3) is 0 Å². The zero-order valence-corrected chi connectivity index (χ0v) is 9.88. The van der Waals surface area contributed by atoms with E-state index in [4.69, 9.17) is 5.26 Å². The molecule has 1 heterocycles. The molecule has 0 aromatic carbocycles. The Morgan fingerprint density at radius 2 is 2.25 bits per heavy atom. The van der Waals surface area contributed by atoms with Crippen LogP contribution in [0.1, 0.15) is 23.7 Å². The maximum Gasteiger partial charge on any atom is 0.176 e. The van der Waals surface area contributed by atoms with Crippen molar-refractivity contribution in [2.75, 3.05) is 0 Å². The molecule has 0 saturated heterocycles. The Morgan fingerprint density at radius 1 is 1.50 bits per heavy atom. The standard InChI is InChI=1S/C12H13N3S/c1-12(16)4-2-10-9(6-14-8-13)7-15-11(10)3-5-12/h2-5,7,14-16H,6H2,1H3. The molecular formula is C12H13N3S. The van der Waals surface area contributed by atoms with Gasteiger partial charge < -0.3 is 10.3 Å².